The summed E-state index contributed by atoms with van der Waals surface area (Å²) in [7, 11) is 4.23. The first-order valence-electron chi connectivity index (χ1n) is 38.3. The van der Waals surface area contributed by atoms with Gasteiger partial charge in [0.2, 0.25) is 12.0 Å². The first-order chi connectivity index (χ1) is 52.3. The molecule has 1 aromatic carbocycles. The van der Waals surface area contributed by atoms with Crippen molar-refractivity contribution >= 4 is 24.0 Å². The number of carbonyl (C=O) groups is 3. The van der Waals surface area contributed by atoms with Crippen molar-refractivity contribution in [3.05, 3.63) is 35.4 Å². The number of rotatable bonds is 22. The molecule has 12 rings (SSSR count). The highest BCUT2D eigenvalue weighted by atomic mass is 16.8. The van der Waals surface area contributed by atoms with E-state index in [4.69, 9.17) is 71.1 Å². The molecule has 628 valence electrons. The highest BCUT2D eigenvalue weighted by Crippen LogP contribution is 2.76. The second kappa shape index (κ2) is 32.8. The Balaban J connectivity index is 0.857. The van der Waals surface area contributed by atoms with Crippen molar-refractivity contribution in [1.29, 1.82) is 0 Å². The van der Waals surface area contributed by atoms with E-state index < -0.39 is 272 Å². The minimum atomic E-state index is -2.30. The number of allylic oxidation sites excluding steroid dienone is 1. The van der Waals surface area contributed by atoms with Crippen molar-refractivity contribution in [2.24, 2.45) is 56.2 Å². The van der Waals surface area contributed by atoms with Crippen LogP contribution < -0.4 is 14.2 Å². The number of fused-ring (bicyclic) bond motifs is 7. The summed E-state index contributed by atoms with van der Waals surface area (Å²) in [5, 5.41) is 191. The van der Waals surface area contributed by atoms with Crippen LogP contribution in [0, 0.1) is 56.2 Å². The lowest BCUT2D eigenvalue weighted by molar-refractivity contribution is -0.388. The van der Waals surface area contributed by atoms with Crippen LogP contribution in [0.15, 0.2) is 29.9 Å². The van der Waals surface area contributed by atoms with Crippen LogP contribution in [0.1, 0.15) is 118 Å². The van der Waals surface area contributed by atoms with Gasteiger partial charge in [0.25, 0.3) is 0 Å². The van der Waals surface area contributed by atoms with Crippen LogP contribution >= 0.6 is 0 Å². The minimum absolute atomic E-state index is 0.0326. The van der Waals surface area contributed by atoms with E-state index in [1.165, 1.54) is 48.2 Å². The predicted molar refractivity (Wildman–Crippen MR) is 374 cm³/mol. The van der Waals surface area contributed by atoms with Crippen LogP contribution in [0.25, 0.3) is 6.08 Å². The molecular weight excluding hydrogens is 1470 g/mol. The molecule has 0 spiro atoms. The van der Waals surface area contributed by atoms with Crippen LogP contribution in [0.3, 0.4) is 0 Å². The molecule has 5 heterocycles. The van der Waals surface area contributed by atoms with Gasteiger partial charge >= 0.3 is 17.9 Å². The van der Waals surface area contributed by atoms with Crippen LogP contribution in [-0.2, 0) is 71.2 Å². The number of hydrogen-bond acceptors (Lipinski definition) is 34. The molecule has 10 fully saturated rings. The van der Waals surface area contributed by atoms with Gasteiger partial charge < -0.3 is 158 Å². The monoisotopic (exact) mass is 1590 g/mol. The third kappa shape index (κ3) is 15.0. The predicted octanol–water partition coefficient (Wildman–Crippen LogP) is -2.45. The maximum atomic E-state index is 16.2. The van der Waals surface area contributed by atoms with Gasteiger partial charge in [-0.3, -0.25) is 9.59 Å². The van der Waals surface area contributed by atoms with Crippen molar-refractivity contribution < 1.29 is 172 Å². The standard InChI is InChI=1S/C76H114O35/c1-32-55(106-46(83)14-11-34-21-42(97-8)58(99-10)43(22-34)98-9)52(89)60(110-65-54(91)59(109-67-61(92)76(96,30-79)31-102-67)56(33(2)103-65)107-64-53(90)57(40(82)28-101-64)108-63-51(88)48(85)39(81)27-100-63)66(104-32)111-69(95)74-18-17-70(3,4)24-37(74)36-12-13-44-71(5)25-38(80)62(105-41-23-35(26-77)47(84)50(87)49(41)86)73(7,68(93)94)45(71)15-16-72(44,6)75(36,29-78)20-19-74/h11-12,14,21-22,32-33,35,37-41,44-45,47-57,59-67,77-82,84-92,96H,13,15-20,23-31H2,1-10H3,(H,93,94). The molecule has 11 aliphatic rings. The molecule has 1 aromatic rings. The first-order valence-corrected chi connectivity index (χ1v) is 38.3. The average Bonchev–Trinajstić information content (AvgIpc) is 1.37. The molecule has 6 aliphatic carbocycles. The normalized spacial score (nSPS) is 48.4. The Morgan fingerprint density at radius 3 is 1.82 bits per heavy atom. The number of benzene rings is 1. The molecule has 36 atom stereocenters. The summed E-state index contributed by atoms with van der Waals surface area (Å²) in [5.41, 5.74) is -7.56. The zero-order chi connectivity index (χ0) is 80.9. The molecule has 111 heavy (non-hydrogen) atoms. The van der Waals surface area contributed by atoms with Crippen molar-refractivity contribution in [1.82, 2.24) is 0 Å². The van der Waals surface area contributed by atoms with E-state index in [9.17, 15) is 96.4 Å². The Hall–Kier alpha value is -4.53. The van der Waals surface area contributed by atoms with Gasteiger partial charge in [-0.15, -0.1) is 0 Å². The Labute approximate surface area is 641 Å². The fraction of sp³-hybridized carbons (Fsp3) is 0.829. The number of aliphatic hydroxyl groups excluding tert-OH is 15. The number of aliphatic hydroxyl groups is 16. The van der Waals surface area contributed by atoms with Gasteiger partial charge in [-0.05, 0) is 143 Å². The van der Waals surface area contributed by atoms with E-state index in [0.717, 1.165) is 11.6 Å². The molecule has 0 bridgehead atoms. The number of hydrogen-bond donors (Lipinski definition) is 17. The minimum Gasteiger partial charge on any atom is -0.493 e. The molecule has 35 heteroatoms. The zero-order valence-electron chi connectivity index (χ0n) is 64.0. The third-order valence-electron chi connectivity index (χ3n) is 27.4. The van der Waals surface area contributed by atoms with Crippen LogP contribution in [0.4, 0.5) is 0 Å². The van der Waals surface area contributed by atoms with E-state index >= 15 is 4.79 Å². The Morgan fingerprint density at radius 2 is 1.19 bits per heavy atom. The molecule has 5 saturated heterocycles. The average molecular weight is 1590 g/mol. The number of ether oxygens (including phenoxy) is 15. The molecule has 35 nitrogen and oxygen atoms in total. The summed E-state index contributed by atoms with van der Waals surface area (Å²) in [4.78, 5) is 44.4. The number of methoxy groups -OCH3 is 3. The van der Waals surface area contributed by atoms with Crippen molar-refractivity contribution in [3.8, 4) is 17.2 Å². The Morgan fingerprint density at radius 1 is 0.577 bits per heavy atom. The van der Waals surface area contributed by atoms with Crippen molar-refractivity contribution in [3.63, 3.8) is 0 Å². The first kappa shape index (κ1) is 85.8. The fourth-order valence-electron chi connectivity index (χ4n) is 20.9. The summed E-state index contributed by atoms with van der Waals surface area (Å²) in [5.74, 6) is -4.93. The molecule has 5 saturated carbocycles. The van der Waals surface area contributed by atoms with Crippen molar-refractivity contribution in [2.45, 2.75) is 278 Å². The van der Waals surface area contributed by atoms with Gasteiger partial charge in [0.1, 0.15) is 85.0 Å². The number of esters is 2. The molecule has 0 amide bonds. The quantitative estimate of drug-likeness (QED) is 0.0325. The van der Waals surface area contributed by atoms with Gasteiger partial charge in [-0.2, -0.15) is 0 Å². The number of aliphatic carboxylic acids is 1. The van der Waals surface area contributed by atoms with E-state index in [2.05, 4.69) is 26.8 Å². The summed E-state index contributed by atoms with van der Waals surface area (Å²) in [6.07, 6.45) is -38.2. The largest absolute Gasteiger partial charge is 0.493 e. The molecule has 0 radical (unpaired) electrons. The summed E-state index contributed by atoms with van der Waals surface area (Å²) in [6.45, 7) is 8.81. The fourth-order valence-corrected chi connectivity index (χ4v) is 20.9. The van der Waals surface area contributed by atoms with Gasteiger partial charge in [0, 0.05) is 24.0 Å². The third-order valence-corrected chi connectivity index (χ3v) is 27.4. The topological polar surface area (TPSA) is 534 Å². The number of carboxylic acid groups (broad SMARTS) is 1. The van der Waals surface area contributed by atoms with Crippen LogP contribution in [0.5, 0.6) is 17.2 Å². The second-order valence-electron chi connectivity index (χ2n) is 34.2. The maximum absolute atomic E-state index is 16.2. The summed E-state index contributed by atoms with van der Waals surface area (Å²) < 4.78 is 90.2. The lowest BCUT2D eigenvalue weighted by Gasteiger charge is -2.71. The lowest BCUT2D eigenvalue weighted by atomic mass is 9.33. The number of carboxylic acids is 1. The molecule has 5 aliphatic heterocycles. The highest BCUT2D eigenvalue weighted by molar-refractivity contribution is 5.87. The smallest absolute Gasteiger partial charge is 0.331 e. The Kier molecular flexibility index (Phi) is 25.3. The highest BCUT2D eigenvalue weighted by Gasteiger charge is 2.74. The van der Waals surface area contributed by atoms with E-state index in [1.54, 1.807) is 12.1 Å². The SMILES string of the molecule is COc1cc(C=CC(=O)OC2C(C)OC(OC(=O)C34CCC(C)(C)CC3C3=CCC5C6(C)CC(O)C(OC7CC(CO)C(O)C(O)C7O)C(C)(C(=O)O)C6CCC5(C)C3(CO)CC4)C(OC3OC(C)C(OC4OCC(O)C(OC5OCC(O)C(O)C5O)C4O)C(OC4OCC(O)(CO)C4O)C3O)C2O)cc(OC)c1OC. The van der Waals surface area contributed by atoms with E-state index in [0.29, 0.717) is 31.2 Å². The zero-order valence-corrected chi connectivity index (χ0v) is 64.0. The van der Waals surface area contributed by atoms with Crippen molar-refractivity contribution in [2.75, 3.05) is 61.0 Å². The van der Waals surface area contributed by atoms with Gasteiger partial charge in [0.15, 0.2) is 48.9 Å². The van der Waals surface area contributed by atoms with E-state index in [-0.39, 0.29) is 62.4 Å². The molecule has 0 aromatic heterocycles. The lowest BCUT2D eigenvalue weighted by Crippen LogP contribution is -2.70. The van der Waals surface area contributed by atoms with Gasteiger partial charge in [-0.1, -0.05) is 39.3 Å². The second-order valence-corrected chi connectivity index (χ2v) is 34.2. The van der Waals surface area contributed by atoms with Gasteiger partial charge in [0.05, 0.1) is 102 Å². The van der Waals surface area contributed by atoms with Crippen LogP contribution in [-0.4, -0.2) is 331 Å². The maximum Gasteiger partial charge on any atom is 0.331 e. The molecule has 36 unspecified atom stereocenters. The van der Waals surface area contributed by atoms with Gasteiger partial charge in [-0.25, -0.2) is 4.79 Å². The molecular formula is C76H114O35. The number of carbonyl (C=O) groups excluding carboxylic acids is 2. The molecule has 17 N–H and O–H groups in total. The van der Waals surface area contributed by atoms with E-state index in [1.807, 2.05) is 6.92 Å². The van der Waals surface area contributed by atoms with Crippen LogP contribution in [0.2, 0.25) is 0 Å². The Bertz CT molecular complexity index is 3480. The summed E-state index contributed by atoms with van der Waals surface area (Å²) >= 11 is 0. The summed E-state index contributed by atoms with van der Waals surface area (Å²) in [6, 6.07) is 3.11.